The van der Waals surface area contributed by atoms with E-state index in [1.807, 2.05) is 67.7 Å². The summed E-state index contributed by atoms with van der Waals surface area (Å²) in [5.74, 6) is 1.18. The van der Waals surface area contributed by atoms with Crippen molar-refractivity contribution < 1.29 is 4.79 Å². The van der Waals surface area contributed by atoms with Crippen molar-refractivity contribution in [2.24, 2.45) is 0 Å². The highest BCUT2D eigenvalue weighted by molar-refractivity contribution is 6.04. The summed E-state index contributed by atoms with van der Waals surface area (Å²) in [4.78, 5) is 20.7. The molecule has 1 amide bonds. The molecule has 2 aromatic heterocycles. The molecule has 0 saturated carbocycles. The fourth-order valence-electron chi connectivity index (χ4n) is 2.64. The predicted molar refractivity (Wildman–Crippen MR) is 108 cm³/mol. The molecule has 0 radical (unpaired) electrons. The molecule has 7 heteroatoms. The van der Waals surface area contributed by atoms with Crippen molar-refractivity contribution in [1.29, 1.82) is 0 Å². The number of carbonyl (C=O) groups is 1. The SMILES string of the molecule is Cc1ccc(C(=O)Nc2ccc(Nc3cc(-n4cccn4)ncn3)cc2)cc1. The second kappa shape index (κ2) is 7.71. The maximum absolute atomic E-state index is 12.3. The standard InChI is InChI=1S/C21H18N6O/c1-15-3-5-16(6-4-15)21(28)26-18-9-7-17(8-10-18)25-19-13-20(23-14-22-19)27-12-2-11-24-27/h2-14H,1H3,(H,26,28)(H,22,23,25). The third kappa shape index (κ3) is 4.04. The first-order chi connectivity index (χ1) is 13.7. The molecular formula is C21H18N6O. The van der Waals surface area contributed by atoms with Crippen LogP contribution in [0.5, 0.6) is 0 Å². The van der Waals surface area contributed by atoms with Gasteiger partial charge in [0.2, 0.25) is 0 Å². The van der Waals surface area contributed by atoms with Gasteiger partial charge < -0.3 is 10.6 Å². The number of carbonyl (C=O) groups excluding carboxylic acids is 1. The molecule has 2 N–H and O–H groups in total. The Morgan fingerprint density at radius 2 is 1.71 bits per heavy atom. The maximum atomic E-state index is 12.3. The zero-order chi connectivity index (χ0) is 19.3. The average Bonchev–Trinajstić information content (AvgIpc) is 3.25. The Bertz CT molecular complexity index is 1070. The van der Waals surface area contributed by atoms with Crippen molar-refractivity contribution in [1.82, 2.24) is 19.7 Å². The maximum Gasteiger partial charge on any atom is 0.255 e. The van der Waals surface area contributed by atoms with Crippen molar-refractivity contribution in [2.75, 3.05) is 10.6 Å². The normalized spacial score (nSPS) is 10.5. The molecule has 0 saturated heterocycles. The quantitative estimate of drug-likeness (QED) is 0.555. The van der Waals surface area contributed by atoms with E-state index >= 15 is 0 Å². The smallest absolute Gasteiger partial charge is 0.255 e. The highest BCUT2D eigenvalue weighted by atomic mass is 16.1. The van der Waals surface area contributed by atoms with Gasteiger partial charge in [0, 0.05) is 35.4 Å². The molecule has 0 aliphatic rings. The third-order valence-electron chi connectivity index (χ3n) is 4.12. The van der Waals surface area contributed by atoms with Gasteiger partial charge in [0.1, 0.15) is 12.1 Å². The zero-order valence-electron chi connectivity index (χ0n) is 15.2. The van der Waals surface area contributed by atoms with Crippen molar-refractivity contribution in [2.45, 2.75) is 6.92 Å². The number of anilines is 3. The van der Waals surface area contributed by atoms with E-state index in [0.29, 0.717) is 17.2 Å². The van der Waals surface area contributed by atoms with Crippen LogP contribution in [-0.4, -0.2) is 25.7 Å². The Kier molecular flexibility index (Phi) is 4.79. The lowest BCUT2D eigenvalue weighted by molar-refractivity contribution is 0.102. The van der Waals surface area contributed by atoms with Crippen LogP contribution in [-0.2, 0) is 0 Å². The van der Waals surface area contributed by atoms with Crippen molar-refractivity contribution in [3.63, 3.8) is 0 Å². The van der Waals surface area contributed by atoms with Gasteiger partial charge in [0.05, 0.1) is 0 Å². The van der Waals surface area contributed by atoms with E-state index in [2.05, 4.69) is 25.7 Å². The summed E-state index contributed by atoms with van der Waals surface area (Å²) >= 11 is 0. The van der Waals surface area contributed by atoms with E-state index in [1.54, 1.807) is 16.9 Å². The Balaban J connectivity index is 1.43. The van der Waals surface area contributed by atoms with Crippen LogP contribution in [0.4, 0.5) is 17.2 Å². The van der Waals surface area contributed by atoms with Crippen molar-refractivity contribution in [3.8, 4) is 5.82 Å². The van der Waals surface area contributed by atoms with E-state index in [4.69, 9.17) is 0 Å². The first-order valence-electron chi connectivity index (χ1n) is 8.74. The van der Waals surface area contributed by atoms with E-state index in [0.717, 1.165) is 16.9 Å². The molecule has 0 bridgehead atoms. The third-order valence-corrected chi connectivity index (χ3v) is 4.12. The van der Waals surface area contributed by atoms with Crippen LogP contribution in [0.15, 0.2) is 79.4 Å². The molecule has 2 aromatic carbocycles. The van der Waals surface area contributed by atoms with Gasteiger partial charge in [-0.25, -0.2) is 14.6 Å². The van der Waals surface area contributed by atoms with Crippen LogP contribution >= 0.6 is 0 Å². The number of hydrogen-bond acceptors (Lipinski definition) is 5. The predicted octanol–water partition coefficient (Wildman–Crippen LogP) is 3.97. The molecule has 0 aliphatic heterocycles. The minimum atomic E-state index is -0.139. The number of rotatable bonds is 5. The first kappa shape index (κ1) is 17.4. The van der Waals surface area contributed by atoms with Gasteiger partial charge >= 0.3 is 0 Å². The molecular weight excluding hydrogens is 352 g/mol. The summed E-state index contributed by atoms with van der Waals surface area (Å²) in [6.45, 7) is 1.99. The number of nitrogens with one attached hydrogen (secondary N) is 2. The van der Waals surface area contributed by atoms with Crippen LogP contribution in [0.2, 0.25) is 0 Å². The second-order valence-corrected chi connectivity index (χ2v) is 6.23. The van der Waals surface area contributed by atoms with E-state index in [1.165, 1.54) is 6.33 Å². The number of aromatic nitrogens is 4. The van der Waals surface area contributed by atoms with Gasteiger partial charge in [-0.05, 0) is 49.4 Å². The molecule has 0 spiro atoms. The minimum absolute atomic E-state index is 0.139. The Morgan fingerprint density at radius 3 is 2.43 bits per heavy atom. The summed E-state index contributed by atoms with van der Waals surface area (Å²) in [5.41, 5.74) is 3.31. The van der Waals surface area contributed by atoms with Crippen LogP contribution < -0.4 is 10.6 Å². The number of hydrogen-bond donors (Lipinski definition) is 2. The summed E-state index contributed by atoms with van der Waals surface area (Å²) in [6, 6.07) is 18.5. The lowest BCUT2D eigenvalue weighted by Gasteiger charge is -2.09. The van der Waals surface area contributed by atoms with E-state index in [-0.39, 0.29) is 5.91 Å². The molecule has 7 nitrogen and oxygen atoms in total. The number of benzene rings is 2. The topological polar surface area (TPSA) is 84.7 Å². The summed E-state index contributed by atoms with van der Waals surface area (Å²) in [7, 11) is 0. The van der Waals surface area contributed by atoms with Crippen LogP contribution in [0.25, 0.3) is 5.82 Å². The van der Waals surface area contributed by atoms with Crippen molar-refractivity contribution >= 4 is 23.1 Å². The second-order valence-electron chi connectivity index (χ2n) is 6.23. The fraction of sp³-hybridized carbons (Fsp3) is 0.0476. The molecule has 0 fully saturated rings. The number of nitrogens with zero attached hydrogens (tertiary/aromatic N) is 4. The highest BCUT2D eigenvalue weighted by Gasteiger charge is 2.06. The highest BCUT2D eigenvalue weighted by Crippen LogP contribution is 2.19. The fourth-order valence-corrected chi connectivity index (χ4v) is 2.64. The van der Waals surface area contributed by atoms with Gasteiger partial charge in [-0.15, -0.1) is 0 Å². The molecule has 2 heterocycles. The largest absolute Gasteiger partial charge is 0.340 e. The van der Waals surface area contributed by atoms with Crippen LogP contribution in [0, 0.1) is 6.92 Å². The lowest BCUT2D eigenvalue weighted by Crippen LogP contribution is -2.11. The van der Waals surface area contributed by atoms with Gasteiger partial charge in [0.15, 0.2) is 5.82 Å². The lowest BCUT2D eigenvalue weighted by atomic mass is 10.1. The van der Waals surface area contributed by atoms with Gasteiger partial charge in [0.25, 0.3) is 5.91 Å². The van der Waals surface area contributed by atoms with Crippen LogP contribution in [0.3, 0.4) is 0 Å². The summed E-state index contributed by atoms with van der Waals surface area (Å²) in [5, 5.41) is 10.3. The zero-order valence-corrected chi connectivity index (χ0v) is 15.2. The monoisotopic (exact) mass is 370 g/mol. The minimum Gasteiger partial charge on any atom is -0.340 e. The number of aryl methyl sites for hydroxylation is 1. The first-order valence-corrected chi connectivity index (χ1v) is 8.74. The molecule has 138 valence electrons. The number of amides is 1. The van der Waals surface area contributed by atoms with Crippen molar-refractivity contribution in [3.05, 3.63) is 90.5 Å². The molecule has 4 rings (SSSR count). The molecule has 0 atom stereocenters. The molecule has 28 heavy (non-hydrogen) atoms. The van der Waals surface area contributed by atoms with Gasteiger partial charge in [-0.2, -0.15) is 5.10 Å². The van der Waals surface area contributed by atoms with Crippen LogP contribution in [0.1, 0.15) is 15.9 Å². The Hall–Kier alpha value is -4.00. The average molecular weight is 370 g/mol. The molecule has 0 aliphatic carbocycles. The van der Waals surface area contributed by atoms with E-state index < -0.39 is 0 Å². The summed E-state index contributed by atoms with van der Waals surface area (Å²) in [6.07, 6.45) is 4.99. The molecule has 4 aromatic rings. The molecule has 0 unspecified atom stereocenters. The van der Waals surface area contributed by atoms with Gasteiger partial charge in [-0.3, -0.25) is 4.79 Å². The Labute approximate surface area is 162 Å². The van der Waals surface area contributed by atoms with Gasteiger partial charge in [-0.1, -0.05) is 17.7 Å². The summed E-state index contributed by atoms with van der Waals surface area (Å²) < 4.78 is 1.66. The van der Waals surface area contributed by atoms with E-state index in [9.17, 15) is 4.79 Å². The Morgan fingerprint density at radius 1 is 0.964 bits per heavy atom.